The summed E-state index contributed by atoms with van der Waals surface area (Å²) in [5, 5.41) is 27.6. The lowest BCUT2D eigenvalue weighted by atomic mass is 9.94. The van der Waals surface area contributed by atoms with E-state index in [0.29, 0.717) is 12.1 Å². The Morgan fingerprint density at radius 3 is 1.14 bits per heavy atom. The van der Waals surface area contributed by atoms with Crippen molar-refractivity contribution in [3.8, 4) is 12.1 Å². The van der Waals surface area contributed by atoms with Gasteiger partial charge < -0.3 is 5.11 Å². The molecule has 16 heteroatoms. The van der Waals surface area contributed by atoms with Crippen molar-refractivity contribution in [2.75, 3.05) is 0 Å². The summed E-state index contributed by atoms with van der Waals surface area (Å²) in [4.78, 5) is 12.3. The van der Waals surface area contributed by atoms with Crippen molar-refractivity contribution in [3.63, 3.8) is 0 Å². The number of aliphatic hydroxyl groups excluding tert-OH is 1. The number of ketones is 1. The maximum atomic E-state index is 13.2. The zero-order valence-corrected chi connectivity index (χ0v) is 17.2. The molecule has 0 amide bonds. The fraction of sp³-hybridized carbons (Fsp3) is 0.190. The van der Waals surface area contributed by atoms with Gasteiger partial charge in [0, 0.05) is 17.2 Å². The third kappa shape index (κ3) is 6.14. The van der Waals surface area contributed by atoms with Gasteiger partial charge in [-0.25, -0.2) is 0 Å². The molecular weight excluding hydrogens is 540 g/mol. The van der Waals surface area contributed by atoms with Crippen LogP contribution >= 0.6 is 0 Å². The summed E-state index contributed by atoms with van der Waals surface area (Å²) in [6, 6.07) is 0.660. The number of rotatable bonds is 3. The monoisotopic (exact) mass is 546 g/mol. The zero-order valence-electron chi connectivity index (χ0n) is 17.2. The van der Waals surface area contributed by atoms with Gasteiger partial charge >= 0.3 is 24.7 Å². The molecule has 0 aliphatic rings. The molecule has 0 bridgehead atoms. The molecule has 0 saturated carbocycles. The molecule has 0 aliphatic carbocycles. The molecule has 0 unspecified atom stereocenters. The molecule has 0 fully saturated rings. The molecule has 2 rings (SSSR count). The Kier molecular flexibility index (Phi) is 7.33. The van der Waals surface area contributed by atoms with E-state index >= 15 is 0 Å². The number of hydrogen-bond acceptors (Lipinski definition) is 4. The van der Waals surface area contributed by atoms with Gasteiger partial charge in [0.05, 0.1) is 33.4 Å². The van der Waals surface area contributed by atoms with Crippen LogP contribution in [0.1, 0.15) is 49.3 Å². The van der Waals surface area contributed by atoms with Crippen LogP contribution in [0.3, 0.4) is 0 Å². The molecule has 0 aliphatic heterocycles. The quantitative estimate of drug-likeness (QED) is 0.190. The molecule has 0 spiro atoms. The van der Waals surface area contributed by atoms with Crippen LogP contribution < -0.4 is 0 Å². The molecule has 37 heavy (non-hydrogen) atoms. The predicted octanol–water partition coefficient (Wildman–Crippen LogP) is 7.29. The summed E-state index contributed by atoms with van der Waals surface area (Å²) in [7, 11) is 0. The highest BCUT2D eigenvalue weighted by Gasteiger charge is 2.43. The third-order valence-electron chi connectivity index (χ3n) is 4.57. The minimum absolute atomic E-state index is 0.173. The van der Waals surface area contributed by atoms with Gasteiger partial charge in [-0.1, -0.05) is 0 Å². The Bertz CT molecular complexity index is 1290. The van der Waals surface area contributed by atoms with Crippen molar-refractivity contribution in [1.29, 1.82) is 10.5 Å². The van der Waals surface area contributed by atoms with E-state index in [-0.39, 0.29) is 30.3 Å². The van der Waals surface area contributed by atoms with Crippen molar-refractivity contribution >= 4 is 11.5 Å². The molecule has 0 radical (unpaired) electrons. The lowest BCUT2D eigenvalue weighted by Gasteiger charge is -2.17. The number of allylic oxidation sites excluding steroid dienone is 1. The van der Waals surface area contributed by atoms with E-state index < -0.39 is 80.8 Å². The molecule has 0 saturated heterocycles. The molecule has 1 N–H and O–H groups in total. The fourth-order valence-corrected chi connectivity index (χ4v) is 3.00. The smallest absolute Gasteiger partial charge is 0.417 e. The minimum atomic E-state index is -5.59. The van der Waals surface area contributed by atoms with Crippen LogP contribution in [0.15, 0.2) is 30.3 Å². The molecule has 0 heterocycles. The van der Waals surface area contributed by atoms with Crippen LogP contribution in [-0.2, 0) is 24.7 Å². The number of nitrogens with zero attached hydrogens (tertiary/aromatic N) is 2. The van der Waals surface area contributed by atoms with Gasteiger partial charge in [-0.05, 0) is 24.3 Å². The minimum Gasteiger partial charge on any atom is -0.507 e. The van der Waals surface area contributed by atoms with Gasteiger partial charge in [0.25, 0.3) is 0 Å². The van der Waals surface area contributed by atoms with Gasteiger partial charge in [-0.2, -0.15) is 63.2 Å². The average molecular weight is 546 g/mol. The Hall–Kier alpha value is -4.21. The summed E-state index contributed by atoms with van der Waals surface area (Å²) in [6.07, 6.45) is -22.6. The topological polar surface area (TPSA) is 84.9 Å². The lowest BCUT2D eigenvalue weighted by molar-refractivity contribution is -0.145. The number of carbonyl (C=O) groups is 1. The van der Waals surface area contributed by atoms with Gasteiger partial charge in [0.2, 0.25) is 0 Å². The SMILES string of the molecule is N#Cc1c(C(F)(F)F)cc(C(=O)/C=C(\O)c2cc(C(F)(F)F)c(C#N)c(C(F)(F)F)c2)cc1C(F)(F)F. The maximum absolute atomic E-state index is 13.2. The van der Waals surface area contributed by atoms with Crippen LogP contribution in [0, 0.1) is 22.7 Å². The maximum Gasteiger partial charge on any atom is 0.417 e. The first-order chi connectivity index (χ1) is 16.6. The van der Waals surface area contributed by atoms with Crippen LogP contribution in [-0.4, -0.2) is 10.9 Å². The number of benzene rings is 2. The Labute approximate surface area is 197 Å². The highest BCUT2D eigenvalue weighted by Crippen LogP contribution is 2.42. The summed E-state index contributed by atoms with van der Waals surface area (Å²) in [6.45, 7) is 0. The van der Waals surface area contributed by atoms with E-state index in [1.165, 1.54) is 0 Å². The summed E-state index contributed by atoms with van der Waals surface area (Å²) in [5.41, 5.74) is -15.4. The van der Waals surface area contributed by atoms with Crippen molar-refractivity contribution < 1.29 is 62.6 Å². The molecule has 0 aromatic heterocycles. The van der Waals surface area contributed by atoms with Gasteiger partial charge in [0.15, 0.2) is 5.78 Å². The van der Waals surface area contributed by atoms with Gasteiger partial charge in [-0.15, -0.1) is 0 Å². The van der Waals surface area contributed by atoms with Crippen molar-refractivity contribution in [3.05, 3.63) is 74.8 Å². The molecule has 0 atom stereocenters. The van der Waals surface area contributed by atoms with Crippen LogP contribution in [0.5, 0.6) is 0 Å². The first-order valence-corrected chi connectivity index (χ1v) is 9.03. The highest BCUT2D eigenvalue weighted by atomic mass is 19.4. The second kappa shape index (κ2) is 9.34. The van der Waals surface area contributed by atoms with Crippen molar-refractivity contribution in [1.82, 2.24) is 0 Å². The van der Waals surface area contributed by atoms with Crippen molar-refractivity contribution in [2.45, 2.75) is 24.7 Å². The van der Waals surface area contributed by atoms with Gasteiger partial charge in [-0.3, -0.25) is 4.79 Å². The summed E-state index contributed by atoms with van der Waals surface area (Å²) in [5.74, 6) is -3.61. The molecular formula is C21H6F12N2O2. The second-order valence-electron chi connectivity index (χ2n) is 7.00. The van der Waals surface area contributed by atoms with Crippen LogP contribution in [0.4, 0.5) is 52.7 Å². The van der Waals surface area contributed by atoms with Crippen LogP contribution in [0.25, 0.3) is 5.76 Å². The normalized spacial score (nSPS) is 13.2. The standard InChI is InChI=1S/C21H6F12N2O2/c22-18(23,24)12-1-8(2-13(10(12)6-34)19(25,26)27)16(36)5-17(37)9-3-14(20(28,29)30)11(7-35)15(4-9)21(31,32)33/h1-5,36H/b16-5-. The van der Waals surface area contributed by atoms with E-state index in [0.717, 1.165) is 0 Å². The first kappa shape index (κ1) is 29.0. The number of aliphatic hydroxyl groups is 1. The van der Waals surface area contributed by atoms with Crippen LogP contribution in [0.2, 0.25) is 0 Å². The summed E-state index contributed by atoms with van der Waals surface area (Å²) < 4.78 is 159. The molecule has 2 aromatic rings. The first-order valence-electron chi connectivity index (χ1n) is 9.03. The summed E-state index contributed by atoms with van der Waals surface area (Å²) >= 11 is 0. The van der Waals surface area contributed by atoms with E-state index in [1.54, 1.807) is 0 Å². The Morgan fingerprint density at radius 1 is 0.622 bits per heavy atom. The lowest BCUT2D eigenvalue weighted by Crippen LogP contribution is -2.17. The zero-order chi connectivity index (χ0) is 28.7. The molecule has 2 aromatic carbocycles. The van der Waals surface area contributed by atoms with E-state index in [4.69, 9.17) is 10.5 Å². The average Bonchev–Trinajstić information content (AvgIpc) is 2.74. The number of alkyl halides is 12. The number of nitriles is 2. The highest BCUT2D eigenvalue weighted by molar-refractivity contribution is 6.08. The largest absolute Gasteiger partial charge is 0.507 e. The van der Waals surface area contributed by atoms with Crippen molar-refractivity contribution in [2.24, 2.45) is 0 Å². The fourth-order valence-electron chi connectivity index (χ4n) is 3.00. The Balaban J connectivity index is 2.80. The Morgan fingerprint density at radius 2 is 0.892 bits per heavy atom. The van der Waals surface area contributed by atoms with E-state index in [2.05, 4.69) is 0 Å². The molecule has 4 nitrogen and oxygen atoms in total. The van der Waals surface area contributed by atoms with E-state index in [9.17, 15) is 62.6 Å². The third-order valence-corrected chi connectivity index (χ3v) is 4.57. The van der Waals surface area contributed by atoms with E-state index in [1.807, 2.05) is 0 Å². The number of halogens is 12. The predicted molar refractivity (Wildman–Crippen MR) is 97.3 cm³/mol. The number of carbonyl (C=O) groups excluding carboxylic acids is 1. The second-order valence-corrected chi connectivity index (χ2v) is 7.00. The molecule has 196 valence electrons. The number of hydrogen-bond donors (Lipinski definition) is 1. The van der Waals surface area contributed by atoms with Gasteiger partial charge in [0.1, 0.15) is 17.9 Å².